The van der Waals surface area contributed by atoms with Gasteiger partial charge >= 0.3 is 0 Å². The number of amides is 1. The van der Waals surface area contributed by atoms with Crippen molar-refractivity contribution in [2.45, 2.75) is 56.0 Å². The summed E-state index contributed by atoms with van der Waals surface area (Å²) in [6, 6.07) is 8.28. The summed E-state index contributed by atoms with van der Waals surface area (Å²) in [5, 5.41) is 7.87. The molecule has 3 rings (SSSR count). The van der Waals surface area contributed by atoms with Gasteiger partial charge in [0.1, 0.15) is 5.82 Å². The van der Waals surface area contributed by atoms with Crippen LogP contribution in [0.15, 0.2) is 29.4 Å². The van der Waals surface area contributed by atoms with E-state index in [4.69, 9.17) is 0 Å². The fraction of sp³-hybridized carbons (Fsp3) is 0.500. The van der Waals surface area contributed by atoms with E-state index in [-0.39, 0.29) is 11.2 Å². The number of hydrogen-bond acceptors (Lipinski definition) is 5. The van der Waals surface area contributed by atoms with Gasteiger partial charge in [-0.3, -0.25) is 4.79 Å². The van der Waals surface area contributed by atoms with E-state index in [9.17, 15) is 4.79 Å². The molecule has 1 heterocycles. The number of rotatable bonds is 6. The maximum Gasteiger partial charge on any atom is 0.233 e. The summed E-state index contributed by atoms with van der Waals surface area (Å²) >= 11 is 1.42. The van der Waals surface area contributed by atoms with Crippen LogP contribution in [0.4, 0.5) is 5.82 Å². The Kier molecular flexibility index (Phi) is 5.56. The number of hydrogen-bond donors (Lipinski definition) is 2. The van der Waals surface area contributed by atoms with Crippen molar-refractivity contribution < 1.29 is 4.79 Å². The fourth-order valence-electron chi connectivity index (χ4n) is 3.01. The molecule has 2 N–H and O–H groups in total. The zero-order chi connectivity index (χ0) is 16.9. The number of anilines is 1. The van der Waals surface area contributed by atoms with Crippen LogP contribution >= 0.6 is 11.8 Å². The number of para-hydroxylation sites is 1. The van der Waals surface area contributed by atoms with Crippen molar-refractivity contribution in [3.05, 3.63) is 24.3 Å². The van der Waals surface area contributed by atoms with E-state index >= 15 is 0 Å². The Balaban J connectivity index is 1.74. The van der Waals surface area contributed by atoms with Crippen molar-refractivity contribution in [2.75, 3.05) is 11.9 Å². The summed E-state index contributed by atoms with van der Waals surface area (Å²) in [6.45, 7) is 4.75. The minimum Gasteiger partial charge on any atom is -0.370 e. The second-order valence-corrected chi connectivity index (χ2v) is 7.46. The molecule has 5 nitrogen and oxygen atoms in total. The summed E-state index contributed by atoms with van der Waals surface area (Å²) in [4.78, 5) is 21.6. The molecule has 1 aromatic carbocycles. The van der Waals surface area contributed by atoms with E-state index in [0.29, 0.717) is 11.2 Å². The third-order valence-corrected chi connectivity index (χ3v) is 5.24. The van der Waals surface area contributed by atoms with Crippen molar-refractivity contribution in [1.29, 1.82) is 0 Å². The van der Waals surface area contributed by atoms with Crippen LogP contribution in [0, 0.1) is 0 Å². The van der Waals surface area contributed by atoms with E-state index in [1.807, 2.05) is 38.1 Å². The van der Waals surface area contributed by atoms with Crippen LogP contribution in [0.2, 0.25) is 0 Å². The number of nitrogens with one attached hydrogen (secondary N) is 2. The van der Waals surface area contributed by atoms with Gasteiger partial charge in [0.05, 0.1) is 10.8 Å². The number of carbonyl (C=O) groups is 1. The maximum atomic E-state index is 12.4. The average Bonchev–Trinajstić information content (AvgIpc) is 3.08. The normalized spacial score (nSPS) is 16.2. The van der Waals surface area contributed by atoms with Gasteiger partial charge in [0.25, 0.3) is 0 Å². The molecule has 0 radical (unpaired) electrons. The third kappa shape index (κ3) is 3.98. The quantitative estimate of drug-likeness (QED) is 0.619. The van der Waals surface area contributed by atoms with Crippen LogP contribution in [0.1, 0.15) is 39.5 Å². The SMILES string of the molecule is CCNc1nc(SC(C)C(=O)NC2CCCC2)nc2ccccc12. The molecule has 1 aliphatic carbocycles. The first-order valence-corrected chi connectivity index (χ1v) is 9.53. The Hall–Kier alpha value is -1.82. The molecular formula is C18H24N4OS. The lowest BCUT2D eigenvalue weighted by Gasteiger charge is -2.16. The summed E-state index contributed by atoms with van der Waals surface area (Å²) < 4.78 is 0. The van der Waals surface area contributed by atoms with Crippen molar-refractivity contribution in [3.63, 3.8) is 0 Å². The van der Waals surface area contributed by atoms with Gasteiger partial charge < -0.3 is 10.6 Å². The minimum absolute atomic E-state index is 0.0775. The molecule has 0 spiro atoms. The van der Waals surface area contributed by atoms with E-state index in [1.165, 1.54) is 24.6 Å². The van der Waals surface area contributed by atoms with Gasteiger partial charge in [0.2, 0.25) is 5.91 Å². The zero-order valence-electron chi connectivity index (χ0n) is 14.2. The number of aromatic nitrogens is 2. The third-order valence-electron chi connectivity index (χ3n) is 4.28. The molecule has 1 fully saturated rings. The molecule has 0 saturated heterocycles. The lowest BCUT2D eigenvalue weighted by molar-refractivity contribution is -0.120. The Morgan fingerprint density at radius 1 is 1.29 bits per heavy atom. The molecule has 24 heavy (non-hydrogen) atoms. The van der Waals surface area contributed by atoms with Crippen molar-refractivity contribution in [3.8, 4) is 0 Å². The van der Waals surface area contributed by atoms with Gasteiger partial charge in [-0.05, 0) is 38.8 Å². The number of carbonyl (C=O) groups excluding carboxylic acids is 1. The first-order chi connectivity index (χ1) is 11.7. The molecule has 6 heteroatoms. The van der Waals surface area contributed by atoms with Crippen LogP contribution in [-0.2, 0) is 4.79 Å². The molecule has 1 atom stereocenters. The van der Waals surface area contributed by atoms with Gasteiger partial charge in [-0.1, -0.05) is 36.7 Å². The predicted octanol–water partition coefficient (Wildman–Crippen LogP) is 3.60. The highest BCUT2D eigenvalue weighted by atomic mass is 32.2. The zero-order valence-corrected chi connectivity index (χ0v) is 15.0. The van der Waals surface area contributed by atoms with Crippen molar-refractivity contribution in [2.24, 2.45) is 0 Å². The van der Waals surface area contributed by atoms with E-state index in [1.54, 1.807) is 0 Å². The Morgan fingerprint density at radius 2 is 2.04 bits per heavy atom. The number of benzene rings is 1. The van der Waals surface area contributed by atoms with Crippen LogP contribution in [0.25, 0.3) is 10.9 Å². The van der Waals surface area contributed by atoms with Crippen molar-refractivity contribution >= 4 is 34.4 Å². The number of thioether (sulfide) groups is 1. The maximum absolute atomic E-state index is 12.4. The smallest absolute Gasteiger partial charge is 0.233 e. The molecule has 0 bridgehead atoms. The van der Waals surface area contributed by atoms with Gasteiger partial charge in [0, 0.05) is 18.0 Å². The van der Waals surface area contributed by atoms with Crippen LogP contribution < -0.4 is 10.6 Å². The standard InChI is InChI=1S/C18H24N4OS/c1-3-19-16-14-10-6-7-11-15(14)21-18(22-16)24-12(2)17(23)20-13-8-4-5-9-13/h6-7,10-13H,3-5,8-9H2,1-2H3,(H,20,23)(H,19,21,22). The highest BCUT2D eigenvalue weighted by Gasteiger charge is 2.22. The molecule has 0 aliphatic heterocycles. The highest BCUT2D eigenvalue weighted by Crippen LogP contribution is 2.27. The van der Waals surface area contributed by atoms with Gasteiger partial charge in [-0.15, -0.1) is 0 Å². The van der Waals surface area contributed by atoms with E-state index < -0.39 is 0 Å². The molecule has 1 aromatic heterocycles. The molecule has 1 saturated carbocycles. The summed E-state index contributed by atoms with van der Waals surface area (Å²) in [5.74, 6) is 0.905. The second-order valence-electron chi connectivity index (χ2n) is 6.15. The molecule has 128 valence electrons. The summed E-state index contributed by atoms with van der Waals surface area (Å²) in [5.41, 5.74) is 0.898. The molecular weight excluding hydrogens is 320 g/mol. The Bertz CT molecular complexity index is 715. The van der Waals surface area contributed by atoms with E-state index in [0.717, 1.165) is 36.1 Å². The van der Waals surface area contributed by atoms with Crippen LogP contribution in [-0.4, -0.2) is 33.7 Å². The van der Waals surface area contributed by atoms with E-state index in [2.05, 4.69) is 20.6 Å². The molecule has 1 amide bonds. The largest absolute Gasteiger partial charge is 0.370 e. The number of nitrogens with zero attached hydrogens (tertiary/aromatic N) is 2. The summed E-state index contributed by atoms with van der Waals surface area (Å²) in [7, 11) is 0. The first-order valence-electron chi connectivity index (χ1n) is 8.65. The monoisotopic (exact) mass is 344 g/mol. The Labute approximate surface area is 147 Å². The number of fused-ring (bicyclic) bond motifs is 1. The Morgan fingerprint density at radius 3 is 2.79 bits per heavy atom. The molecule has 1 unspecified atom stereocenters. The molecule has 1 aliphatic rings. The topological polar surface area (TPSA) is 66.9 Å². The lowest BCUT2D eigenvalue weighted by atomic mass is 10.2. The van der Waals surface area contributed by atoms with Gasteiger partial charge in [0.15, 0.2) is 5.16 Å². The van der Waals surface area contributed by atoms with Gasteiger partial charge in [-0.25, -0.2) is 9.97 Å². The second kappa shape index (κ2) is 7.83. The first kappa shape index (κ1) is 17.0. The van der Waals surface area contributed by atoms with Crippen LogP contribution in [0.5, 0.6) is 0 Å². The highest BCUT2D eigenvalue weighted by molar-refractivity contribution is 8.00. The lowest BCUT2D eigenvalue weighted by Crippen LogP contribution is -2.37. The average molecular weight is 344 g/mol. The fourth-order valence-corrected chi connectivity index (χ4v) is 3.80. The molecule has 2 aromatic rings. The van der Waals surface area contributed by atoms with Gasteiger partial charge in [-0.2, -0.15) is 0 Å². The van der Waals surface area contributed by atoms with Crippen LogP contribution in [0.3, 0.4) is 0 Å². The summed E-state index contributed by atoms with van der Waals surface area (Å²) in [6.07, 6.45) is 4.62. The minimum atomic E-state index is -0.207. The predicted molar refractivity (Wildman–Crippen MR) is 99.4 cm³/mol. The van der Waals surface area contributed by atoms with Crippen molar-refractivity contribution in [1.82, 2.24) is 15.3 Å².